The molecule has 0 spiro atoms. The van der Waals surface area contributed by atoms with E-state index in [-0.39, 0.29) is 0 Å². The monoisotopic (exact) mass is 285 g/mol. The minimum atomic E-state index is -4.72. The number of nitro groups is 1. The molecule has 82 valence electrons. The first-order valence-electron chi connectivity index (χ1n) is 3.41. The van der Waals surface area contributed by atoms with Crippen molar-refractivity contribution in [1.82, 2.24) is 4.98 Å². The predicted molar refractivity (Wildman–Crippen MR) is 48.0 cm³/mol. The molecule has 15 heavy (non-hydrogen) atoms. The van der Waals surface area contributed by atoms with Crippen LogP contribution in [-0.4, -0.2) is 9.91 Å². The summed E-state index contributed by atoms with van der Waals surface area (Å²) < 4.78 is 36.3. The largest absolute Gasteiger partial charge is 0.419 e. The van der Waals surface area contributed by atoms with Gasteiger partial charge in [0.1, 0.15) is 4.60 Å². The van der Waals surface area contributed by atoms with Crippen LogP contribution in [0.25, 0.3) is 0 Å². The Kier molecular flexibility index (Phi) is 2.84. The van der Waals surface area contributed by atoms with E-state index in [1.54, 1.807) is 0 Å². The molecule has 0 radical (unpaired) electrons. The maximum absolute atomic E-state index is 12.3. The van der Waals surface area contributed by atoms with Crippen LogP contribution in [0.3, 0.4) is 0 Å². The molecule has 2 N–H and O–H groups in total. The lowest BCUT2D eigenvalue weighted by molar-refractivity contribution is -0.384. The highest BCUT2D eigenvalue weighted by atomic mass is 79.9. The van der Waals surface area contributed by atoms with Crippen molar-refractivity contribution >= 4 is 27.4 Å². The van der Waals surface area contributed by atoms with Gasteiger partial charge in [-0.05, 0) is 15.9 Å². The molecule has 0 aliphatic carbocycles. The second kappa shape index (κ2) is 3.65. The summed E-state index contributed by atoms with van der Waals surface area (Å²) in [6, 6.07) is 0.340. The summed E-state index contributed by atoms with van der Waals surface area (Å²) in [5.74, 6) is -0.570. The van der Waals surface area contributed by atoms with Crippen LogP contribution in [0.15, 0.2) is 10.7 Å². The average molecular weight is 286 g/mol. The Morgan fingerprint density at radius 3 is 2.47 bits per heavy atom. The van der Waals surface area contributed by atoms with Gasteiger partial charge in [0.25, 0.3) is 0 Å². The molecule has 0 saturated heterocycles. The van der Waals surface area contributed by atoms with E-state index in [1.807, 2.05) is 0 Å². The number of hydrogen-bond acceptors (Lipinski definition) is 4. The van der Waals surface area contributed by atoms with Crippen LogP contribution in [-0.2, 0) is 6.18 Å². The molecule has 0 aliphatic heterocycles. The lowest BCUT2D eigenvalue weighted by Gasteiger charge is -2.08. The molecule has 0 bridgehead atoms. The maximum atomic E-state index is 12.3. The van der Waals surface area contributed by atoms with Gasteiger partial charge in [-0.1, -0.05) is 0 Å². The predicted octanol–water partition coefficient (Wildman–Crippen LogP) is 2.35. The van der Waals surface area contributed by atoms with Crippen LogP contribution in [0.1, 0.15) is 5.56 Å². The lowest BCUT2D eigenvalue weighted by Crippen LogP contribution is -2.10. The van der Waals surface area contributed by atoms with Gasteiger partial charge in [-0.15, -0.1) is 0 Å². The number of nitrogens with two attached hydrogens (primary N) is 1. The summed E-state index contributed by atoms with van der Waals surface area (Å²) in [6.45, 7) is 0. The summed E-state index contributed by atoms with van der Waals surface area (Å²) in [5.41, 5.74) is 2.98. The summed E-state index contributed by atoms with van der Waals surface area (Å²) >= 11 is 2.53. The topological polar surface area (TPSA) is 82.0 Å². The number of rotatable bonds is 1. The zero-order valence-electron chi connectivity index (χ0n) is 6.88. The van der Waals surface area contributed by atoms with Crippen molar-refractivity contribution in [3.8, 4) is 0 Å². The molecule has 5 nitrogen and oxygen atoms in total. The molecule has 1 heterocycles. The molecule has 0 aromatic carbocycles. The third-order valence-corrected chi connectivity index (χ3v) is 2.09. The molecular formula is C6H3BrF3N3O2. The minimum Gasteiger partial charge on any atom is -0.378 e. The van der Waals surface area contributed by atoms with Crippen molar-refractivity contribution in [2.24, 2.45) is 0 Å². The SMILES string of the molecule is Nc1nc(Br)c(C(F)(F)F)cc1[N+](=O)[O-]. The number of hydrogen-bond donors (Lipinski definition) is 1. The van der Waals surface area contributed by atoms with Gasteiger partial charge in [-0.2, -0.15) is 13.2 Å². The highest BCUT2D eigenvalue weighted by Crippen LogP contribution is 2.37. The van der Waals surface area contributed by atoms with Crippen molar-refractivity contribution in [3.05, 3.63) is 26.3 Å². The third kappa shape index (κ3) is 2.35. The van der Waals surface area contributed by atoms with Gasteiger partial charge in [0.05, 0.1) is 10.5 Å². The van der Waals surface area contributed by atoms with E-state index < -0.39 is 32.8 Å². The normalized spacial score (nSPS) is 11.5. The highest BCUT2D eigenvalue weighted by Gasteiger charge is 2.36. The molecule has 0 amide bonds. The van der Waals surface area contributed by atoms with Gasteiger partial charge in [0.15, 0.2) is 0 Å². The van der Waals surface area contributed by atoms with Gasteiger partial charge in [-0.3, -0.25) is 10.1 Å². The fourth-order valence-electron chi connectivity index (χ4n) is 0.838. The summed E-state index contributed by atoms with van der Waals surface area (Å²) in [6.07, 6.45) is -4.72. The van der Waals surface area contributed by atoms with Crippen molar-refractivity contribution < 1.29 is 18.1 Å². The lowest BCUT2D eigenvalue weighted by atomic mass is 10.2. The summed E-state index contributed by atoms with van der Waals surface area (Å²) in [5, 5.41) is 10.3. The molecule has 1 aromatic heterocycles. The van der Waals surface area contributed by atoms with Crippen LogP contribution in [0, 0.1) is 10.1 Å². The van der Waals surface area contributed by atoms with Gasteiger partial charge in [-0.25, -0.2) is 4.98 Å². The molecule has 0 fully saturated rings. The first kappa shape index (κ1) is 11.7. The van der Waals surface area contributed by atoms with Gasteiger partial charge in [0.2, 0.25) is 5.82 Å². The smallest absolute Gasteiger partial charge is 0.378 e. The summed E-state index contributed by atoms with van der Waals surface area (Å²) in [7, 11) is 0. The maximum Gasteiger partial charge on any atom is 0.419 e. The Balaban J connectivity index is 3.43. The Morgan fingerprint density at radius 2 is 2.07 bits per heavy atom. The van der Waals surface area contributed by atoms with E-state index in [4.69, 9.17) is 5.73 Å². The van der Waals surface area contributed by atoms with Crippen molar-refractivity contribution in [3.63, 3.8) is 0 Å². The molecule has 0 aliphatic rings. The Morgan fingerprint density at radius 1 is 1.53 bits per heavy atom. The van der Waals surface area contributed by atoms with Crippen LogP contribution in [0.4, 0.5) is 24.7 Å². The van der Waals surface area contributed by atoms with E-state index in [1.165, 1.54) is 0 Å². The zero-order chi connectivity index (χ0) is 11.8. The fourth-order valence-corrected chi connectivity index (χ4v) is 1.37. The number of anilines is 1. The van der Waals surface area contributed by atoms with Gasteiger partial charge < -0.3 is 5.73 Å². The Hall–Kier alpha value is -1.38. The van der Waals surface area contributed by atoms with Crippen LogP contribution in [0.2, 0.25) is 0 Å². The number of nitrogen functional groups attached to an aromatic ring is 1. The molecule has 1 aromatic rings. The number of alkyl halides is 3. The van der Waals surface area contributed by atoms with E-state index in [0.29, 0.717) is 6.07 Å². The summed E-state index contributed by atoms with van der Waals surface area (Å²) in [4.78, 5) is 12.5. The average Bonchev–Trinajstić information content (AvgIpc) is 2.00. The standard InChI is InChI=1S/C6H3BrF3N3O2/c7-4-2(6(8,9)10)1-3(13(14)15)5(11)12-4/h1H,(H2,11,12). The molecule has 0 saturated carbocycles. The molecule has 9 heteroatoms. The second-order valence-electron chi connectivity index (χ2n) is 2.49. The second-order valence-corrected chi connectivity index (χ2v) is 3.24. The first-order chi connectivity index (χ1) is 6.73. The van der Waals surface area contributed by atoms with E-state index in [2.05, 4.69) is 20.9 Å². The molecule has 0 unspecified atom stereocenters. The van der Waals surface area contributed by atoms with E-state index in [9.17, 15) is 23.3 Å². The van der Waals surface area contributed by atoms with Crippen molar-refractivity contribution in [2.45, 2.75) is 6.18 Å². The number of aromatic nitrogens is 1. The van der Waals surface area contributed by atoms with Crippen molar-refractivity contribution in [1.29, 1.82) is 0 Å². The van der Waals surface area contributed by atoms with E-state index >= 15 is 0 Å². The number of nitrogens with zero attached hydrogens (tertiary/aromatic N) is 2. The Bertz CT molecular complexity index is 421. The van der Waals surface area contributed by atoms with Gasteiger partial charge in [0, 0.05) is 6.07 Å². The van der Waals surface area contributed by atoms with Crippen LogP contribution < -0.4 is 5.73 Å². The van der Waals surface area contributed by atoms with Crippen molar-refractivity contribution in [2.75, 3.05) is 5.73 Å². The molecule has 1 rings (SSSR count). The quantitative estimate of drug-likeness (QED) is 0.488. The highest BCUT2D eigenvalue weighted by molar-refractivity contribution is 9.10. The zero-order valence-corrected chi connectivity index (χ0v) is 8.46. The first-order valence-corrected chi connectivity index (χ1v) is 4.20. The number of pyridine rings is 1. The molecular weight excluding hydrogens is 283 g/mol. The van der Waals surface area contributed by atoms with Crippen LogP contribution in [0.5, 0.6) is 0 Å². The number of halogens is 4. The third-order valence-electron chi connectivity index (χ3n) is 1.49. The Labute approximate surface area is 89.4 Å². The van der Waals surface area contributed by atoms with Gasteiger partial charge >= 0.3 is 11.9 Å². The van der Waals surface area contributed by atoms with E-state index in [0.717, 1.165) is 0 Å². The molecule has 0 atom stereocenters. The van der Waals surface area contributed by atoms with Crippen LogP contribution >= 0.6 is 15.9 Å². The minimum absolute atomic E-state index is 0.340. The fraction of sp³-hybridized carbons (Fsp3) is 0.167.